The molecule has 0 fully saturated rings. The first kappa shape index (κ1) is 56.9. The average molecular weight is 1110 g/mol. The van der Waals surface area contributed by atoms with E-state index < -0.39 is 44.3 Å². The molecule has 4 aliphatic heterocycles. The number of amides is 4. The minimum atomic E-state index is -4.13. The highest BCUT2D eigenvalue weighted by molar-refractivity contribution is 7.92. The smallest absolute Gasteiger partial charge is 0.261 e. The Morgan fingerprint density at radius 1 is 0.487 bits per heavy atom. The molecule has 0 saturated carbocycles. The number of carbonyl (C=O) groups is 4. The van der Waals surface area contributed by atoms with Gasteiger partial charge in [-0.1, -0.05) is 172 Å². The van der Waals surface area contributed by atoms with Crippen LogP contribution in [0.15, 0.2) is 92.4 Å². The van der Waals surface area contributed by atoms with Gasteiger partial charge in [-0.15, -0.1) is 0 Å². The number of hydrogen-bond acceptors (Lipinski definition) is 9. The van der Waals surface area contributed by atoms with Crippen molar-refractivity contribution >= 4 is 77.2 Å². The maximum Gasteiger partial charge on any atom is 0.261 e. The molecule has 0 spiro atoms. The molecule has 13 nitrogen and oxygen atoms in total. The van der Waals surface area contributed by atoms with Crippen molar-refractivity contribution in [1.29, 1.82) is 10.5 Å². The molecule has 4 aliphatic rings. The van der Waals surface area contributed by atoms with Crippen LogP contribution in [0, 0.1) is 35.8 Å². The fourth-order valence-corrected chi connectivity index (χ4v) is 15.3. The number of sulfone groups is 1. The van der Waals surface area contributed by atoms with Crippen molar-refractivity contribution in [3.8, 4) is 34.4 Å². The lowest BCUT2D eigenvalue weighted by Gasteiger charge is -2.31. The number of benzene rings is 6. The van der Waals surface area contributed by atoms with Crippen LogP contribution >= 0.6 is 0 Å². The van der Waals surface area contributed by atoms with Crippen molar-refractivity contribution in [2.45, 2.75) is 168 Å². The number of nitrogens with zero attached hydrogens (tertiary/aromatic N) is 6. The van der Waals surface area contributed by atoms with Gasteiger partial charge in [-0.05, 0) is 54.6 Å². The Hall–Kier alpha value is -7.82. The highest BCUT2D eigenvalue weighted by Crippen LogP contribution is 2.53. The Bertz CT molecular complexity index is 3790. The molecule has 0 radical (unpaired) electrons. The predicted molar refractivity (Wildman–Crippen MR) is 310 cm³/mol. The molecule has 4 heterocycles. The van der Waals surface area contributed by atoms with Crippen LogP contribution in [-0.4, -0.2) is 59.1 Å². The SMILES string of the molecule is [C-]#[N+]c1cc2c3c(cc(C#N)c4c3c1S(=O)(=O)c1ccccc1-4)C(=O)N(CCCCCCCCCCCC)C2=O.[C-]#[N+]c1cc2c3c(cc(C#N)c4c3c1S(=O)c1ccccc1-4)C(=O)N(CCCCCCCCCCCCC)C2=O. The maximum absolute atomic E-state index is 13.7. The summed E-state index contributed by atoms with van der Waals surface area (Å²) in [5.41, 5.74) is 3.00. The van der Waals surface area contributed by atoms with Gasteiger partial charge in [0.25, 0.3) is 23.6 Å². The molecule has 0 bridgehead atoms. The summed E-state index contributed by atoms with van der Waals surface area (Å²) in [5.74, 6) is -1.92. The van der Waals surface area contributed by atoms with Crippen LogP contribution in [0.5, 0.6) is 0 Å². The molecular weight excluding hydrogens is 1040 g/mol. The predicted octanol–water partition coefficient (Wildman–Crippen LogP) is 15.9. The molecule has 1 unspecified atom stereocenters. The van der Waals surface area contributed by atoms with Gasteiger partial charge in [-0.2, -0.15) is 10.5 Å². The molecule has 6 aromatic carbocycles. The lowest BCUT2D eigenvalue weighted by Crippen LogP contribution is -2.41. The molecule has 6 aromatic rings. The lowest BCUT2D eigenvalue weighted by atomic mass is 9.85. The highest BCUT2D eigenvalue weighted by Gasteiger charge is 2.43. The molecule has 80 heavy (non-hydrogen) atoms. The number of hydrogen-bond donors (Lipinski definition) is 0. The van der Waals surface area contributed by atoms with E-state index in [1.165, 1.54) is 118 Å². The fourth-order valence-electron chi connectivity index (χ4n) is 12.0. The third-order valence-corrected chi connectivity index (χ3v) is 19.5. The van der Waals surface area contributed by atoms with Gasteiger partial charge in [0, 0.05) is 73.8 Å². The highest BCUT2D eigenvalue weighted by atomic mass is 32.2. The molecule has 4 amide bonds. The molecule has 1 atom stereocenters. The summed E-state index contributed by atoms with van der Waals surface area (Å²) >= 11 is 0. The number of fused-ring (bicyclic) bond motifs is 4. The van der Waals surface area contributed by atoms with Crippen LogP contribution in [0.1, 0.15) is 201 Å². The van der Waals surface area contributed by atoms with Crippen LogP contribution in [0.25, 0.3) is 53.5 Å². The van der Waals surface area contributed by atoms with Gasteiger partial charge in [-0.25, -0.2) is 18.1 Å². The normalized spacial score (nSPS) is 14.9. The quantitative estimate of drug-likeness (QED) is 0.0342. The molecule has 0 aromatic heterocycles. The Kier molecular flexibility index (Phi) is 17.8. The second-order valence-electron chi connectivity index (χ2n) is 21.2. The minimum absolute atomic E-state index is 0.00278. The van der Waals surface area contributed by atoms with E-state index in [1.807, 2.05) is 0 Å². The van der Waals surface area contributed by atoms with Crippen molar-refractivity contribution < 1.29 is 31.8 Å². The van der Waals surface area contributed by atoms with E-state index in [-0.39, 0.29) is 76.8 Å². The monoisotopic (exact) mass is 1100 g/mol. The van der Waals surface area contributed by atoms with E-state index in [0.717, 1.165) is 38.5 Å². The van der Waals surface area contributed by atoms with Crippen molar-refractivity contribution in [2.75, 3.05) is 13.1 Å². The zero-order valence-corrected chi connectivity index (χ0v) is 47.2. The lowest BCUT2D eigenvalue weighted by molar-refractivity contribution is 0.0592. The van der Waals surface area contributed by atoms with E-state index >= 15 is 0 Å². The van der Waals surface area contributed by atoms with Gasteiger partial charge in [0.1, 0.15) is 0 Å². The van der Waals surface area contributed by atoms with E-state index in [4.69, 9.17) is 13.1 Å². The Morgan fingerprint density at radius 3 is 1.34 bits per heavy atom. The van der Waals surface area contributed by atoms with E-state index in [9.17, 15) is 42.3 Å². The summed E-state index contributed by atoms with van der Waals surface area (Å²) in [5, 5.41) is 21.3. The van der Waals surface area contributed by atoms with Gasteiger partial charge in [0.2, 0.25) is 11.4 Å². The van der Waals surface area contributed by atoms with Gasteiger partial charge < -0.3 is 0 Å². The summed E-state index contributed by atoms with van der Waals surface area (Å²) in [4.78, 5) is 64.8. The fraction of sp³-hybridized carbons (Fsp3) is 0.385. The van der Waals surface area contributed by atoms with Crippen molar-refractivity contribution in [3.63, 3.8) is 0 Å². The number of carbonyl (C=O) groups excluding carboxylic acids is 4. The Labute approximate surface area is 471 Å². The van der Waals surface area contributed by atoms with Gasteiger partial charge in [-0.3, -0.25) is 33.2 Å². The van der Waals surface area contributed by atoms with Gasteiger partial charge >= 0.3 is 0 Å². The summed E-state index contributed by atoms with van der Waals surface area (Å²) in [7, 11) is -5.82. The first-order chi connectivity index (χ1) is 38.9. The van der Waals surface area contributed by atoms with E-state index in [0.29, 0.717) is 57.3 Å². The van der Waals surface area contributed by atoms with Crippen molar-refractivity contribution in [2.24, 2.45) is 0 Å². The van der Waals surface area contributed by atoms with E-state index in [1.54, 1.807) is 48.5 Å². The largest absolute Gasteiger partial charge is 0.274 e. The molecule has 0 saturated heterocycles. The molecule has 10 rings (SSSR count). The number of unbranched alkanes of at least 4 members (excludes halogenated alkanes) is 19. The molecular formula is C65H64N6O7S2. The zero-order valence-electron chi connectivity index (χ0n) is 45.5. The van der Waals surface area contributed by atoms with Crippen LogP contribution in [-0.2, 0) is 20.6 Å². The van der Waals surface area contributed by atoms with Crippen LogP contribution in [0.3, 0.4) is 0 Å². The Morgan fingerprint density at radius 2 is 0.875 bits per heavy atom. The van der Waals surface area contributed by atoms with Gasteiger partial charge in [0.15, 0.2) is 9.84 Å². The Balaban J connectivity index is 0.000000194. The number of nitriles is 2. The summed E-state index contributed by atoms with van der Waals surface area (Å²) in [6.07, 6.45) is 24.0. The van der Waals surface area contributed by atoms with Crippen LogP contribution in [0.4, 0.5) is 11.4 Å². The molecule has 0 aliphatic carbocycles. The number of rotatable bonds is 23. The first-order valence-corrected chi connectivity index (χ1v) is 31.0. The zero-order chi connectivity index (χ0) is 56.7. The topological polar surface area (TPSA) is 182 Å². The second kappa shape index (κ2) is 25.1. The molecule has 0 N–H and O–H groups in total. The van der Waals surface area contributed by atoms with Crippen LogP contribution < -0.4 is 0 Å². The van der Waals surface area contributed by atoms with Gasteiger partial charge in [0.05, 0.1) is 66.8 Å². The second-order valence-corrected chi connectivity index (χ2v) is 24.4. The summed E-state index contributed by atoms with van der Waals surface area (Å²) in [6, 6.07) is 23.6. The first-order valence-electron chi connectivity index (χ1n) is 28.4. The maximum atomic E-state index is 13.7. The third kappa shape index (κ3) is 10.5. The van der Waals surface area contributed by atoms with E-state index in [2.05, 4.69) is 35.7 Å². The minimum Gasteiger partial charge on any atom is -0.274 e. The standard InChI is InChI=1S/C33H33N3O3S.C32H31N3O4S/c1-3-4-5-6-7-8-9-10-11-12-15-18-36-32(37)24-19-22(21-34)28-23-16-13-14-17-27(23)40(39)31-26(35-2)20-25(33(36)38)29(24)30(28)31;1-3-4-5-6-7-8-9-10-11-14-17-35-31(36)23-18-21(20-33)27-22-15-12-13-16-26(22)40(38,39)30-25(34-2)19-24(32(35)37)28(23)29(27)30/h13-14,16-17,19-20H,3-12,15,18H2,1H3;12-13,15-16,18-19H,3-11,14,17H2,1H3. The summed E-state index contributed by atoms with van der Waals surface area (Å²) in [6.45, 7) is 20.5. The third-order valence-electron chi connectivity index (χ3n) is 16.0. The molecule has 408 valence electrons. The van der Waals surface area contributed by atoms with Crippen molar-refractivity contribution in [1.82, 2.24) is 9.80 Å². The molecule has 15 heteroatoms. The van der Waals surface area contributed by atoms with Crippen molar-refractivity contribution in [3.05, 3.63) is 129 Å². The number of imide groups is 2. The summed E-state index contributed by atoms with van der Waals surface area (Å²) < 4.78 is 41.1. The average Bonchev–Trinajstić information content (AvgIpc) is 3.24. The van der Waals surface area contributed by atoms with Crippen LogP contribution in [0.2, 0.25) is 0 Å².